The van der Waals surface area contributed by atoms with E-state index in [2.05, 4.69) is 9.47 Å². The Morgan fingerprint density at radius 3 is 1.50 bits per heavy atom. The van der Waals surface area contributed by atoms with Gasteiger partial charge in [-0.25, -0.2) is 0 Å². The molecule has 16 heavy (non-hydrogen) atoms. The first-order valence-corrected chi connectivity index (χ1v) is 5.23. The number of carbonyl (C=O) groups is 2. The van der Waals surface area contributed by atoms with Gasteiger partial charge >= 0.3 is 11.9 Å². The number of carbonyl (C=O) groups excluding carboxylic acids is 2. The van der Waals surface area contributed by atoms with Crippen molar-refractivity contribution in [1.82, 2.24) is 0 Å². The summed E-state index contributed by atoms with van der Waals surface area (Å²) in [5, 5.41) is 16.8. The third-order valence-corrected chi connectivity index (χ3v) is 1.72. The Morgan fingerprint density at radius 2 is 1.19 bits per heavy atom. The highest BCUT2D eigenvalue weighted by atomic mass is 16.5. The molecule has 0 aliphatic heterocycles. The molecule has 0 aromatic rings. The largest absolute Gasteiger partial charge is 0.463 e. The molecule has 0 amide bonds. The van der Waals surface area contributed by atoms with E-state index in [1.54, 1.807) is 0 Å². The zero-order valence-corrected chi connectivity index (χ0v) is 9.18. The molecule has 0 saturated carbocycles. The molecule has 0 rings (SSSR count). The second-order valence-corrected chi connectivity index (χ2v) is 3.10. The Kier molecular flexibility index (Phi) is 9.64. The molecule has 0 aliphatic rings. The fourth-order valence-electron chi connectivity index (χ4n) is 1.00. The summed E-state index contributed by atoms with van der Waals surface area (Å²) < 4.78 is 9.25. The highest BCUT2D eigenvalue weighted by Crippen LogP contribution is 2.02. The molecule has 0 aromatic heterocycles. The Labute approximate surface area is 94.2 Å². The maximum Gasteiger partial charge on any atom is 0.305 e. The molecule has 2 N–H and O–H groups in total. The summed E-state index contributed by atoms with van der Waals surface area (Å²) in [4.78, 5) is 21.9. The number of hydrogen-bond acceptors (Lipinski definition) is 6. The van der Waals surface area contributed by atoms with Gasteiger partial charge in [0.15, 0.2) is 0 Å². The van der Waals surface area contributed by atoms with Crippen molar-refractivity contribution in [1.29, 1.82) is 0 Å². The third-order valence-electron chi connectivity index (χ3n) is 1.72. The van der Waals surface area contributed by atoms with Gasteiger partial charge in [0.25, 0.3) is 0 Å². The lowest BCUT2D eigenvalue weighted by Gasteiger charge is -2.03. The molecule has 0 saturated heterocycles. The molecule has 0 aromatic carbocycles. The van der Waals surface area contributed by atoms with Crippen LogP contribution in [-0.4, -0.2) is 48.6 Å². The first-order chi connectivity index (χ1) is 7.70. The van der Waals surface area contributed by atoms with Crippen molar-refractivity contribution < 1.29 is 29.3 Å². The van der Waals surface area contributed by atoms with Crippen molar-refractivity contribution in [2.75, 3.05) is 26.4 Å². The van der Waals surface area contributed by atoms with E-state index in [0.717, 1.165) is 0 Å². The SMILES string of the molecule is O=C(CCCCC(=O)OCCO)OCCO. The summed E-state index contributed by atoms with van der Waals surface area (Å²) in [6.07, 6.45) is 1.54. The van der Waals surface area contributed by atoms with E-state index in [1.807, 2.05) is 0 Å². The van der Waals surface area contributed by atoms with Gasteiger partial charge in [-0.1, -0.05) is 0 Å². The van der Waals surface area contributed by atoms with E-state index in [0.29, 0.717) is 12.8 Å². The van der Waals surface area contributed by atoms with E-state index >= 15 is 0 Å². The van der Waals surface area contributed by atoms with Gasteiger partial charge in [-0.15, -0.1) is 0 Å². The maximum atomic E-state index is 10.9. The number of hydrogen-bond donors (Lipinski definition) is 2. The number of esters is 2. The van der Waals surface area contributed by atoms with Crippen molar-refractivity contribution in [3.63, 3.8) is 0 Å². The predicted octanol–water partition coefficient (Wildman–Crippen LogP) is -0.382. The molecule has 0 radical (unpaired) electrons. The molecular formula is C10H18O6. The average molecular weight is 234 g/mol. The van der Waals surface area contributed by atoms with Crippen LogP contribution in [0.25, 0.3) is 0 Å². The molecule has 0 atom stereocenters. The van der Waals surface area contributed by atoms with Crippen LogP contribution in [0.4, 0.5) is 0 Å². The third kappa shape index (κ3) is 9.42. The second kappa shape index (κ2) is 10.4. The lowest BCUT2D eigenvalue weighted by molar-refractivity contribution is -0.146. The van der Waals surface area contributed by atoms with Crippen LogP contribution in [0.5, 0.6) is 0 Å². The molecule has 0 bridgehead atoms. The van der Waals surface area contributed by atoms with Gasteiger partial charge in [0.1, 0.15) is 13.2 Å². The number of unbranched alkanes of at least 4 members (excludes halogenated alkanes) is 1. The van der Waals surface area contributed by atoms with E-state index < -0.39 is 0 Å². The minimum atomic E-state index is -0.377. The molecule has 94 valence electrons. The minimum Gasteiger partial charge on any atom is -0.463 e. The van der Waals surface area contributed by atoms with Crippen LogP contribution in [0, 0.1) is 0 Å². The van der Waals surface area contributed by atoms with E-state index in [9.17, 15) is 9.59 Å². The summed E-state index contributed by atoms with van der Waals surface area (Å²) in [6, 6.07) is 0. The van der Waals surface area contributed by atoms with Crippen LogP contribution in [0.1, 0.15) is 25.7 Å². The molecule has 6 nitrogen and oxygen atoms in total. The summed E-state index contributed by atoms with van der Waals surface area (Å²) >= 11 is 0. The normalized spacial score (nSPS) is 9.88. The fraction of sp³-hybridized carbons (Fsp3) is 0.800. The molecule has 0 spiro atoms. The van der Waals surface area contributed by atoms with Gasteiger partial charge in [-0.05, 0) is 12.8 Å². The number of aliphatic hydroxyl groups excluding tert-OH is 2. The first-order valence-electron chi connectivity index (χ1n) is 5.23. The van der Waals surface area contributed by atoms with Crippen molar-refractivity contribution in [3.05, 3.63) is 0 Å². The van der Waals surface area contributed by atoms with Crippen molar-refractivity contribution in [2.45, 2.75) is 25.7 Å². The minimum absolute atomic E-state index is 0.0113. The first kappa shape index (κ1) is 14.9. The Bertz CT molecular complexity index is 181. The number of aliphatic hydroxyl groups is 2. The van der Waals surface area contributed by atoms with Crippen LogP contribution in [0.3, 0.4) is 0 Å². The molecule has 6 heteroatoms. The van der Waals surface area contributed by atoms with Crippen LogP contribution >= 0.6 is 0 Å². The molecule has 0 aliphatic carbocycles. The lowest BCUT2D eigenvalue weighted by atomic mass is 10.2. The molecule has 0 fully saturated rings. The van der Waals surface area contributed by atoms with Gasteiger partial charge in [0.2, 0.25) is 0 Å². The standard InChI is InChI=1S/C10H18O6/c11-5-7-15-9(13)3-1-2-4-10(14)16-8-6-12/h11-12H,1-8H2. The van der Waals surface area contributed by atoms with E-state index in [1.165, 1.54) is 0 Å². The Balaban J connectivity index is 3.31. The lowest BCUT2D eigenvalue weighted by Crippen LogP contribution is -2.10. The van der Waals surface area contributed by atoms with Crippen LogP contribution < -0.4 is 0 Å². The quantitative estimate of drug-likeness (QED) is 0.417. The highest BCUT2D eigenvalue weighted by Gasteiger charge is 2.05. The Morgan fingerprint density at radius 1 is 0.812 bits per heavy atom. The molecule has 0 heterocycles. The predicted molar refractivity (Wildman–Crippen MR) is 54.6 cm³/mol. The maximum absolute atomic E-state index is 10.9. The number of rotatable bonds is 9. The van der Waals surface area contributed by atoms with Gasteiger partial charge in [0.05, 0.1) is 13.2 Å². The summed E-state index contributed by atoms with van der Waals surface area (Å²) in [5.74, 6) is -0.754. The molecular weight excluding hydrogens is 216 g/mol. The number of ether oxygens (including phenoxy) is 2. The zero-order valence-electron chi connectivity index (χ0n) is 9.18. The average Bonchev–Trinajstić information content (AvgIpc) is 2.29. The van der Waals surface area contributed by atoms with E-state index in [-0.39, 0.29) is 51.2 Å². The van der Waals surface area contributed by atoms with Gasteiger partial charge in [0, 0.05) is 12.8 Å². The van der Waals surface area contributed by atoms with Crippen LogP contribution in [-0.2, 0) is 19.1 Å². The highest BCUT2D eigenvalue weighted by molar-refractivity contribution is 5.70. The van der Waals surface area contributed by atoms with Gasteiger partial charge in [-0.2, -0.15) is 0 Å². The summed E-state index contributed by atoms with van der Waals surface area (Å²) in [5.41, 5.74) is 0. The van der Waals surface area contributed by atoms with Crippen molar-refractivity contribution >= 4 is 11.9 Å². The molecule has 0 unspecified atom stereocenters. The zero-order chi connectivity index (χ0) is 12.2. The van der Waals surface area contributed by atoms with Gasteiger partial charge < -0.3 is 19.7 Å². The van der Waals surface area contributed by atoms with Crippen molar-refractivity contribution in [3.8, 4) is 0 Å². The topological polar surface area (TPSA) is 93.1 Å². The summed E-state index contributed by atoms with van der Waals surface area (Å²) in [6.45, 7) is -0.340. The second-order valence-electron chi connectivity index (χ2n) is 3.10. The Hall–Kier alpha value is -1.14. The van der Waals surface area contributed by atoms with Gasteiger partial charge in [-0.3, -0.25) is 9.59 Å². The van der Waals surface area contributed by atoms with Crippen LogP contribution in [0.2, 0.25) is 0 Å². The fourth-order valence-corrected chi connectivity index (χ4v) is 1.00. The smallest absolute Gasteiger partial charge is 0.305 e. The monoisotopic (exact) mass is 234 g/mol. The van der Waals surface area contributed by atoms with Crippen LogP contribution in [0.15, 0.2) is 0 Å². The van der Waals surface area contributed by atoms with E-state index in [4.69, 9.17) is 10.2 Å². The summed E-state index contributed by atoms with van der Waals surface area (Å²) in [7, 11) is 0. The van der Waals surface area contributed by atoms with Crippen molar-refractivity contribution in [2.24, 2.45) is 0 Å².